The highest BCUT2D eigenvalue weighted by Crippen LogP contribution is 2.16. The van der Waals surface area contributed by atoms with Crippen molar-refractivity contribution in [2.24, 2.45) is 0 Å². The van der Waals surface area contributed by atoms with Crippen molar-refractivity contribution in [3.05, 3.63) is 42.7 Å². The molecule has 0 spiro atoms. The van der Waals surface area contributed by atoms with Crippen LogP contribution in [0.15, 0.2) is 36.9 Å². The van der Waals surface area contributed by atoms with E-state index in [9.17, 15) is 9.59 Å². The van der Waals surface area contributed by atoms with Crippen LogP contribution in [0.5, 0.6) is 0 Å². The zero-order valence-electron chi connectivity index (χ0n) is 12.6. The third-order valence-corrected chi connectivity index (χ3v) is 3.20. The molecule has 0 fully saturated rings. The smallest absolute Gasteiger partial charge is 0.240 e. The number of carbonyl (C=O) groups excluding carboxylic acids is 2. The molecular weight excluding hydrogens is 280 g/mol. The van der Waals surface area contributed by atoms with Crippen LogP contribution in [-0.2, 0) is 22.6 Å². The predicted octanol–water partition coefficient (Wildman–Crippen LogP) is 1.02. The van der Waals surface area contributed by atoms with Gasteiger partial charge in [-0.3, -0.25) is 9.59 Å². The van der Waals surface area contributed by atoms with E-state index in [1.54, 1.807) is 6.08 Å². The Kier molecular flexibility index (Phi) is 5.30. The van der Waals surface area contributed by atoms with Crippen LogP contribution in [0.2, 0.25) is 0 Å². The average Bonchev–Trinajstić information content (AvgIpc) is 2.83. The average molecular weight is 300 g/mol. The molecule has 0 aliphatic heterocycles. The molecule has 0 atom stereocenters. The molecule has 0 bridgehead atoms. The lowest BCUT2D eigenvalue weighted by Crippen LogP contribution is -2.29. The van der Waals surface area contributed by atoms with Gasteiger partial charge in [-0.1, -0.05) is 18.2 Å². The topological polar surface area (TPSA) is 76.0 Å². The van der Waals surface area contributed by atoms with Gasteiger partial charge in [0.05, 0.1) is 11.0 Å². The lowest BCUT2D eigenvalue weighted by Gasteiger charge is -2.09. The number of aromatic nitrogens is 2. The molecule has 0 radical (unpaired) electrons. The van der Waals surface area contributed by atoms with Crippen LogP contribution < -0.4 is 10.6 Å². The van der Waals surface area contributed by atoms with Gasteiger partial charge in [-0.25, -0.2) is 4.98 Å². The van der Waals surface area contributed by atoms with Gasteiger partial charge in [-0.15, -0.1) is 6.58 Å². The molecule has 2 rings (SSSR count). The minimum Gasteiger partial charge on any atom is -0.356 e. The summed E-state index contributed by atoms with van der Waals surface area (Å²) in [6.45, 7) is 6.19. The van der Waals surface area contributed by atoms with Gasteiger partial charge in [0.15, 0.2) is 0 Å². The predicted molar refractivity (Wildman–Crippen MR) is 85.3 cm³/mol. The molecule has 2 amide bonds. The minimum atomic E-state index is -0.0937. The van der Waals surface area contributed by atoms with Gasteiger partial charge in [0.25, 0.3) is 0 Å². The number of para-hydroxylation sites is 2. The number of amides is 2. The summed E-state index contributed by atoms with van der Waals surface area (Å²) in [5.74, 6) is 0.610. The molecule has 22 heavy (non-hydrogen) atoms. The second kappa shape index (κ2) is 7.40. The molecule has 0 saturated carbocycles. The highest BCUT2D eigenvalue weighted by molar-refractivity contribution is 5.81. The van der Waals surface area contributed by atoms with Gasteiger partial charge in [0, 0.05) is 26.4 Å². The molecule has 0 aliphatic carbocycles. The van der Waals surface area contributed by atoms with Gasteiger partial charge in [0.1, 0.15) is 12.4 Å². The first kappa shape index (κ1) is 15.8. The van der Waals surface area contributed by atoms with E-state index in [1.807, 2.05) is 28.8 Å². The van der Waals surface area contributed by atoms with Crippen LogP contribution in [0.1, 0.15) is 12.7 Å². The molecule has 1 aromatic heterocycles. The van der Waals surface area contributed by atoms with Crippen LogP contribution in [0.4, 0.5) is 0 Å². The molecule has 0 aliphatic rings. The Hall–Kier alpha value is -2.63. The second-order valence-corrected chi connectivity index (χ2v) is 4.93. The zero-order valence-corrected chi connectivity index (χ0v) is 12.6. The van der Waals surface area contributed by atoms with Gasteiger partial charge in [-0.05, 0) is 12.1 Å². The number of carbonyl (C=O) groups is 2. The van der Waals surface area contributed by atoms with Crippen molar-refractivity contribution in [1.82, 2.24) is 20.2 Å². The van der Waals surface area contributed by atoms with E-state index < -0.39 is 0 Å². The van der Waals surface area contributed by atoms with E-state index in [0.29, 0.717) is 19.5 Å². The minimum absolute atomic E-state index is 0.0774. The molecule has 2 aromatic rings. The fraction of sp³-hybridized carbons (Fsp3) is 0.312. The number of benzene rings is 1. The molecule has 6 nitrogen and oxygen atoms in total. The van der Waals surface area contributed by atoms with Gasteiger partial charge < -0.3 is 15.2 Å². The van der Waals surface area contributed by atoms with Crippen molar-refractivity contribution in [3.8, 4) is 0 Å². The maximum atomic E-state index is 12.0. The molecule has 116 valence electrons. The van der Waals surface area contributed by atoms with Crippen LogP contribution in [0, 0.1) is 0 Å². The zero-order chi connectivity index (χ0) is 15.9. The number of fused-ring (bicyclic) bond motifs is 1. The third-order valence-electron chi connectivity index (χ3n) is 3.20. The maximum absolute atomic E-state index is 12.0. The molecule has 1 heterocycles. The molecule has 1 aromatic carbocycles. The Morgan fingerprint density at radius 1 is 1.32 bits per heavy atom. The summed E-state index contributed by atoms with van der Waals surface area (Å²) < 4.78 is 1.88. The Bertz CT molecular complexity index is 691. The summed E-state index contributed by atoms with van der Waals surface area (Å²) in [6.07, 6.45) is 2.21. The van der Waals surface area contributed by atoms with Crippen molar-refractivity contribution >= 4 is 22.8 Å². The van der Waals surface area contributed by atoms with Crippen molar-refractivity contribution in [2.75, 3.05) is 13.1 Å². The van der Waals surface area contributed by atoms with E-state index in [1.165, 1.54) is 6.92 Å². The highest BCUT2D eigenvalue weighted by atomic mass is 16.2. The van der Waals surface area contributed by atoms with Crippen LogP contribution in [0.25, 0.3) is 11.0 Å². The van der Waals surface area contributed by atoms with Gasteiger partial charge >= 0.3 is 0 Å². The normalized spacial score (nSPS) is 10.4. The number of hydrogen-bond donors (Lipinski definition) is 2. The van der Waals surface area contributed by atoms with Crippen molar-refractivity contribution in [2.45, 2.75) is 19.9 Å². The number of nitrogens with zero attached hydrogens (tertiary/aromatic N) is 2. The van der Waals surface area contributed by atoms with Crippen molar-refractivity contribution in [1.29, 1.82) is 0 Å². The van der Waals surface area contributed by atoms with E-state index in [2.05, 4.69) is 22.2 Å². The Morgan fingerprint density at radius 3 is 2.82 bits per heavy atom. The van der Waals surface area contributed by atoms with Crippen molar-refractivity contribution < 1.29 is 9.59 Å². The number of hydrogen-bond acceptors (Lipinski definition) is 3. The standard InChI is InChI=1S/C16H20N4O2/c1-3-9-18-16(22)11-20-14-7-5-4-6-13(14)19-15(20)8-10-17-12(2)21/h3-7H,1,8-11H2,2H3,(H,17,21)(H,18,22). The SMILES string of the molecule is C=CCNC(=O)Cn1c(CCNC(C)=O)nc2ccccc21. The van der Waals surface area contributed by atoms with Crippen LogP contribution in [-0.4, -0.2) is 34.5 Å². The first-order chi connectivity index (χ1) is 10.6. The largest absolute Gasteiger partial charge is 0.356 e. The van der Waals surface area contributed by atoms with Crippen molar-refractivity contribution in [3.63, 3.8) is 0 Å². The van der Waals surface area contributed by atoms with Crippen LogP contribution in [0.3, 0.4) is 0 Å². The summed E-state index contributed by atoms with van der Waals surface area (Å²) in [5.41, 5.74) is 1.76. The molecule has 0 saturated heterocycles. The van der Waals surface area contributed by atoms with E-state index >= 15 is 0 Å². The van der Waals surface area contributed by atoms with Gasteiger partial charge in [0.2, 0.25) is 11.8 Å². The molecule has 2 N–H and O–H groups in total. The van der Waals surface area contributed by atoms with E-state index in [0.717, 1.165) is 16.9 Å². The molecular formula is C16H20N4O2. The third kappa shape index (κ3) is 3.94. The second-order valence-electron chi connectivity index (χ2n) is 4.93. The highest BCUT2D eigenvalue weighted by Gasteiger charge is 2.13. The summed E-state index contributed by atoms with van der Waals surface area (Å²) in [7, 11) is 0. The number of rotatable bonds is 7. The summed E-state index contributed by atoms with van der Waals surface area (Å²) in [5, 5.41) is 5.51. The summed E-state index contributed by atoms with van der Waals surface area (Å²) in [4.78, 5) is 27.5. The van der Waals surface area contributed by atoms with Gasteiger partial charge in [-0.2, -0.15) is 0 Å². The Labute approximate surface area is 129 Å². The quantitative estimate of drug-likeness (QED) is 0.750. The molecule has 6 heteroatoms. The Morgan fingerprint density at radius 2 is 2.09 bits per heavy atom. The number of nitrogens with one attached hydrogen (secondary N) is 2. The first-order valence-corrected chi connectivity index (χ1v) is 7.18. The van der Waals surface area contributed by atoms with E-state index in [-0.39, 0.29) is 18.4 Å². The lowest BCUT2D eigenvalue weighted by atomic mass is 10.3. The van der Waals surface area contributed by atoms with E-state index in [4.69, 9.17) is 0 Å². The lowest BCUT2D eigenvalue weighted by molar-refractivity contribution is -0.121. The summed E-state index contributed by atoms with van der Waals surface area (Å²) >= 11 is 0. The maximum Gasteiger partial charge on any atom is 0.240 e. The van der Waals surface area contributed by atoms with Crippen LogP contribution >= 0.6 is 0 Å². The monoisotopic (exact) mass is 300 g/mol. The molecule has 0 unspecified atom stereocenters. The summed E-state index contributed by atoms with van der Waals surface area (Å²) in [6, 6.07) is 7.68. The first-order valence-electron chi connectivity index (χ1n) is 7.18. The number of imidazole rings is 1. The fourth-order valence-electron chi connectivity index (χ4n) is 2.23. The fourth-order valence-corrected chi connectivity index (χ4v) is 2.23. The Balaban J connectivity index is 2.21.